The van der Waals surface area contributed by atoms with Crippen LogP contribution in [-0.2, 0) is 4.79 Å². The molecule has 2 aliphatic heterocycles. The molecule has 2 aromatic rings. The van der Waals surface area contributed by atoms with E-state index >= 15 is 0 Å². The van der Waals surface area contributed by atoms with Gasteiger partial charge in [0.15, 0.2) is 0 Å². The van der Waals surface area contributed by atoms with E-state index in [0.29, 0.717) is 0 Å². The molecule has 1 atom stereocenters. The highest BCUT2D eigenvalue weighted by molar-refractivity contribution is 5.99. The molecule has 2 saturated heterocycles. The van der Waals surface area contributed by atoms with Gasteiger partial charge in [-0.2, -0.15) is 0 Å². The van der Waals surface area contributed by atoms with Crippen molar-refractivity contribution in [3.05, 3.63) is 48.3 Å². The SMILES string of the molecule is Cc1ccnc(N2CCN(C3CCN(c4ccccc4)C3=O)CC2)n1. The topological polar surface area (TPSA) is 52.6 Å². The molecule has 1 amide bonds. The molecule has 2 fully saturated rings. The van der Waals surface area contributed by atoms with Crippen LogP contribution in [0.2, 0.25) is 0 Å². The van der Waals surface area contributed by atoms with Crippen molar-refractivity contribution >= 4 is 17.5 Å². The van der Waals surface area contributed by atoms with E-state index in [1.807, 2.05) is 54.4 Å². The standard InChI is InChI=1S/C19H23N5O/c1-15-7-9-20-19(21-15)23-13-11-22(12-14-23)17-8-10-24(18(17)25)16-5-3-2-4-6-16/h2-7,9,17H,8,10-14H2,1H3. The number of hydrogen-bond acceptors (Lipinski definition) is 5. The van der Waals surface area contributed by atoms with E-state index in [9.17, 15) is 4.79 Å². The van der Waals surface area contributed by atoms with E-state index in [-0.39, 0.29) is 11.9 Å². The Morgan fingerprint density at radius 3 is 2.48 bits per heavy atom. The van der Waals surface area contributed by atoms with Crippen LogP contribution in [0.4, 0.5) is 11.6 Å². The first-order chi connectivity index (χ1) is 12.2. The Morgan fingerprint density at radius 2 is 1.76 bits per heavy atom. The van der Waals surface area contributed by atoms with Gasteiger partial charge in [-0.05, 0) is 31.5 Å². The Kier molecular flexibility index (Phi) is 4.36. The third kappa shape index (κ3) is 3.22. The normalized spacial score (nSPS) is 21.8. The summed E-state index contributed by atoms with van der Waals surface area (Å²) >= 11 is 0. The fourth-order valence-electron chi connectivity index (χ4n) is 3.69. The van der Waals surface area contributed by atoms with Crippen molar-refractivity contribution in [3.8, 4) is 0 Å². The number of aryl methyl sites for hydroxylation is 1. The Bertz CT molecular complexity index is 742. The summed E-state index contributed by atoms with van der Waals surface area (Å²) in [5.41, 5.74) is 1.98. The minimum absolute atomic E-state index is 0.000726. The maximum atomic E-state index is 12.8. The van der Waals surface area contributed by atoms with Crippen LogP contribution >= 0.6 is 0 Å². The monoisotopic (exact) mass is 337 g/mol. The summed E-state index contributed by atoms with van der Waals surface area (Å²) < 4.78 is 0. The Hall–Kier alpha value is -2.47. The Morgan fingerprint density at radius 1 is 1.00 bits per heavy atom. The second-order valence-corrected chi connectivity index (χ2v) is 6.65. The Labute approximate surface area is 148 Å². The van der Waals surface area contributed by atoms with Crippen molar-refractivity contribution in [3.63, 3.8) is 0 Å². The highest BCUT2D eigenvalue weighted by Gasteiger charge is 2.37. The van der Waals surface area contributed by atoms with Crippen molar-refractivity contribution in [1.82, 2.24) is 14.9 Å². The molecule has 4 rings (SSSR count). The van der Waals surface area contributed by atoms with Crippen LogP contribution in [-0.4, -0.2) is 59.5 Å². The van der Waals surface area contributed by atoms with Crippen molar-refractivity contribution in [2.24, 2.45) is 0 Å². The number of aromatic nitrogens is 2. The number of amides is 1. The molecule has 6 nitrogen and oxygen atoms in total. The van der Waals surface area contributed by atoms with Crippen LogP contribution in [0.5, 0.6) is 0 Å². The van der Waals surface area contributed by atoms with Crippen LogP contribution < -0.4 is 9.80 Å². The molecule has 0 bridgehead atoms. The number of anilines is 2. The van der Waals surface area contributed by atoms with Crippen LogP contribution in [0.1, 0.15) is 12.1 Å². The minimum Gasteiger partial charge on any atom is -0.338 e. The van der Waals surface area contributed by atoms with Gasteiger partial charge in [-0.1, -0.05) is 18.2 Å². The number of piperazine rings is 1. The molecule has 0 N–H and O–H groups in total. The molecule has 0 saturated carbocycles. The van der Waals surface area contributed by atoms with Gasteiger partial charge in [-0.15, -0.1) is 0 Å². The lowest BCUT2D eigenvalue weighted by atomic mass is 10.2. The van der Waals surface area contributed by atoms with Gasteiger partial charge in [0, 0.05) is 50.3 Å². The van der Waals surface area contributed by atoms with Gasteiger partial charge in [0.25, 0.3) is 0 Å². The molecule has 130 valence electrons. The van der Waals surface area contributed by atoms with Gasteiger partial charge in [-0.3, -0.25) is 9.69 Å². The molecule has 1 aromatic carbocycles. The first-order valence-electron chi connectivity index (χ1n) is 8.87. The lowest BCUT2D eigenvalue weighted by Crippen LogP contribution is -2.53. The smallest absolute Gasteiger partial charge is 0.244 e. The highest BCUT2D eigenvalue weighted by atomic mass is 16.2. The average Bonchev–Trinajstić information content (AvgIpc) is 3.04. The van der Waals surface area contributed by atoms with Gasteiger partial charge in [0.05, 0.1) is 6.04 Å². The summed E-state index contributed by atoms with van der Waals surface area (Å²) in [6, 6.07) is 11.9. The first kappa shape index (κ1) is 16.0. The molecule has 0 aliphatic carbocycles. The molecule has 3 heterocycles. The summed E-state index contributed by atoms with van der Waals surface area (Å²) in [4.78, 5) is 28.2. The van der Waals surface area contributed by atoms with Gasteiger partial charge in [-0.25, -0.2) is 9.97 Å². The fraction of sp³-hybridized carbons (Fsp3) is 0.421. The zero-order chi connectivity index (χ0) is 17.2. The molecule has 0 radical (unpaired) electrons. The fourth-order valence-corrected chi connectivity index (χ4v) is 3.69. The zero-order valence-electron chi connectivity index (χ0n) is 14.5. The molecule has 1 aromatic heterocycles. The van der Waals surface area contributed by atoms with E-state index in [4.69, 9.17) is 0 Å². The predicted molar refractivity (Wildman–Crippen MR) is 97.8 cm³/mol. The number of carbonyl (C=O) groups excluding carboxylic acids is 1. The maximum absolute atomic E-state index is 12.8. The number of para-hydroxylation sites is 1. The van der Waals surface area contributed by atoms with Gasteiger partial charge >= 0.3 is 0 Å². The molecule has 0 spiro atoms. The third-order valence-electron chi connectivity index (χ3n) is 5.07. The van der Waals surface area contributed by atoms with Crippen LogP contribution in [0.15, 0.2) is 42.6 Å². The lowest BCUT2D eigenvalue weighted by Gasteiger charge is -2.37. The van der Waals surface area contributed by atoms with E-state index in [0.717, 1.165) is 56.5 Å². The maximum Gasteiger partial charge on any atom is 0.244 e. The van der Waals surface area contributed by atoms with Crippen LogP contribution in [0.3, 0.4) is 0 Å². The molecule has 6 heteroatoms. The van der Waals surface area contributed by atoms with Gasteiger partial charge < -0.3 is 9.80 Å². The average molecular weight is 337 g/mol. The van der Waals surface area contributed by atoms with Crippen LogP contribution in [0.25, 0.3) is 0 Å². The van der Waals surface area contributed by atoms with E-state index < -0.39 is 0 Å². The minimum atomic E-state index is 0.000726. The number of rotatable bonds is 3. The second-order valence-electron chi connectivity index (χ2n) is 6.65. The zero-order valence-corrected chi connectivity index (χ0v) is 14.5. The van der Waals surface area contributed by atoms with E-state index in [1.54, 1.807) is 0 Å². The van der Waals surface area contributed by atoms with Gasteiger partial charge in [0.2, 0.25) is 11.9 Å². The largest absolute Gasteiger partial charge is 0.338 e. The summed E-state index contributed by atoms with van der Waals surface area (Å²) in [6.07, 6.45) is 2.71. The number of nitrogens with zero attached hydrogens (tertiary/aromatic N) is 5. The first-order valence-corrected chi connectivity index (χ1v) is 8.87. The summed E-state index contributed by atoms with van der Waals surface area (Å²) in [5.74, 6) is 1.02. The van der Waals surface area contributed by atoms with Crippen LogP contribution in [0, 0.1) is 6.92 Å². The van der Waals surface area contributed by atoms with Crippen molar-refractivity contribution in [2.45, 2.75) is 19.4 Å². The molecule has 25 heavy (non-hydrogen) atoms. The summed E-state index contributed by atoms with van der Waals surface area (Å²) in [7, 11) is 0. The molecule has 2 aliphatic rings. The predicted octanol–water partition coefficient (Wildman–Crippen LogP) is 1.71. The lowest BCUT2D eigenvalue weighted by molar-refractivity contribution is -0.121. The van der Waals surface area contributed by atoms with Crippen molar-refractivity contribution in [2.75, 3.05) is 42.5 Å². The van der Waals surface area contributed by atoms with Crippen molar-refractivity contribution < 1.29 is 4.79 Å². The number of benzene rings is 1. The number of hydrogen-bond donors (Lipinski definition) is 0. The second kappa shape index (κ2) is 6.80. The van der Waals surface area contributed by atoms with E-state index in [2.05, 4.69) is 19.8 Å². The quantitative estimate of drug-likeness (QED) is 0.853. The molecule has 1 unspecified atom stereocenters. The van der Waals surface area contributed by atoms with E-state index in [1.165, 1.54) is 0 Å². The van der Waals surface area contributed by atoms with Gasteiger partial charge in [0.1, 0.15) is 0 Å². The number of carbonyl (C=O) groups is 1. The third-order valence-corrected chi connectivity index (χ3v) is 5.07. The summed E-state index contributed by atoms with van der Waals surface area (Å²) in [5, 5.41) is 0. The highest BCUT2D eigenvalue weighted by Crippen LogP contribution is 2.25. The van der Waals surface area contributed by atoms with Crippen molar-refractivity contribution in [1.29, 1.82) is 0 Å². The molecular weight excluding hydrogens is 314 g/mol. The Balaban J connectivity index is 1.39. The summed E-state index contributed by atoms with van der Waals surface area (Å²) in [6.45, 7) is 6.25. The molecular formula is C19H23N5O.